The van der Waals surface area contributed by atoms with E-state index in [1.807, 2.05) is 19.9 Å². The molecule has 10 heteroatoms. The van der Waals surface area contributed by atoms with Gasteiger partial charge in [0, 0.05) is 29.9 Å². The Labute approximate surface area is 223 Å². The zero-order chi connectivity index (χ0) is 27.9. The number of ether oxygens (including phenoxy) is 2. The molecule has 1 atom stereocenters. The Bertz CT molecular complexity index is 1210. The largest absolute Gasteiger partial charge is 0.499 e. The maximum atomic E-state index is 13.4. The van der Waals surface area contributed by atoms with Gasteiger partial charge in [-0.3, -0.25) is 0 Å². The lowest BCUT2D eigenvalue weighted by molar-refractivity contribution is -0.360. The Kier molecular flexibility index (Phi) is 9.84. The van der Waals surface area contributed by atoms with E-state index in [1.165, 1.54) is 6.07 Å². The Hall–Kier alpha value is -3.04. The van der Waals surface area contributed by atoms with Gasteiger partial charge in [-0.05, 0) is 66.4 Å². The molecule has 0 radical (unpaired) electrons. The maximum Gasteiger partial charge on any atom is 0.499 e. The molecule has 0 heterocycles. The van der Waals surface area contributed by atoms with Gasteiger partial charge in [0.15, 0.2) is 0 Å². The van der Waals surface area contributed by atoms with Crippen LogP contribution in [0.2, 0.25) is 5.02 Å². The highest BCUT2D eigenvalue weighted by Gasteiger charge is 2.61. The Morgan fingerprint density at radius 3 is 2.26 bits per heavy atom. The number of hydrogen-bond acceptors (Lipinski definition) is 4. The number of hydrogen-bond donors (Lipinski definition) is 1. The highest BCUT2D eigenvalue weighted by Crippen LogP contribution is 2.37. The molecule has 3 aromatic carbocycles. The van der Waals surface area contributed by atoms with Crippen molar-refractivity contribution < 1.29 is 36.5 Å². The van der Waals surface area contributed by atoms with Gasteiger partial charge in [-0.2, -0.15) is 22.0 Å². The van der Waals surface area contributed by atoms with Crippen molar-refractivity contribution in [3.8, 4) is 17.2 Å². The van der Waals surface area contributed by atoms with Gasteiger partial charge in [0.1, 0.15) is 17.2 Å². The molecule has 206 valence electrons. The number of aliphatic hydroxyl groups is 1. The quantitative estimate of drug-likeness (QED) is 0.227. The first-order valence-electron chi connectivity index (χ1n) is 12.1. The summed E-state index contributed by atoms with van der Waals surface area (Å²) in [5, 5.41) is 11.2. The van der Waals surface area contributed by atoms with Crippen LogP contribution in [0.1, 0.15) is 37.8 Å². The average Bonchev–Trinajstić information content (AvgIpc) is 2.84. The zero-order valence-electron chi connectivity index (χ0n) is 20.9. The summed E-state index contributed by atoms with van der Waals surface area (Å²) in [5.41, 5.74) is 2.01. The molecule has 0 spiro atoms. The maximum absolute atomic E-state index is 13.4. The molecule has 0 aliphatic carbocycles. The number of nitrogens with zero attached hydrogens (tertiary/aromatic N) is 1. The molecule has 0 amide bonds. The molecule has 4 nitrogen and oxygen atoms in total. The predicted molar refractivity (Wildman–Crippen MR) is 137 cm³/mol. The van der Waals surface area contributed by atoms with Crippen molar-refractivity contribution in [3.63, 3.8) is 0 Å². The summed E-state index contributed by atoms with van der Waals surface area (Å²) in [6.07, 6.45) is -9.86. The summed E-state index contributed by atoms with van der Waals surface area (Å²) < 4.78 is 74.6. The summed E-state index contributed by atoms with van der Waals surface area (Å²) in [7, 11) is 0. The second kappa shape index (κ2) is 12.7. The number of anilines is 1. The van der Waals surface area contributed by atoms with E-state index in [9.17, 15) is 27.1 Å². The lowest BCUT2D eigenvalue weighted by atomic mass is 10.1. The third-order valence-electron chi connectivity index (χ3n) is 5.72. The normalized spacial score (nSPS) is 12.8. The molecular weight excluding hydrogens is 529 g/mol. The molecule has 3 rings (SSSR count). The molecule has 0 aliphatic heterocycles. The van der Waals surface area contributed by atoms with Crippen LogP contribution in [-0.4, -0.2) is 30.0 Å². The van der Waals surface area contributed by atoms with E-state index in [1.54, 1.807) is 47.4 Å². The van der Waals surface area contributed by atoms with E-state index in [4.69, 9.17) is 16.3 Å². The van der Waals surface area contributed by atoms with Crippen LogP contribution in [0.5, 0.6) is 17.2 Å². The number of rotatable bonds is 12. The van der Waals surface area contributed by atoms with Gasteiger partial charge in [0.2, 0.25) is 0 Å². The van der Waals surface area contributed by atoms with Gasteiger partial charge in [-0.25, -0.2) is 0 Å². The fraction of sp³-hybridized carbons (Fsp3) is 0.357. The lowest BCUT2D eigenvalue weighted by Gasteiger charge is -2.28. The molecule has 0 saturated heterocycles. The van der Waals surface area contributed by atoms with E-state index in [0.717, 1.165) is 30.5 Å². The second-order valence-corrected chi connectivity index (χ2v) is 9.20. The van der Waals surface area contributed by atoms with Crippen LogP contribution >= 0.6 is 11.6 Å². The van der Waals surface area contributed by atoms with Gasteiger partial charge >= 0.3 is 12.3 Å². The Morgan fingerprint density at radius 2 is 1.58 bits per heavy atom. The average molecular weight is 558 g/mol. The fourth-order valence-corrected chi connectivity index (χ4v) is 4.09. The molecule has 0 aliphatic rings. The van der Waals surface area contributed by atoms with E-state index in [2.05, 4.69) is 4.74 Å². The summed E-state index contributed by atoms with van der Waals surface area (Å²) in [6.45, 7) is 4.22. The zero-order valence-corrected chi connectivity index (χ0v) is 21.7. The molecule has 0 aromatic heterocycles. The van der Waals surface area contributed by atoms with Crippen LogP contribution in [0.4, 0.5) is 27.6 Å². The summed E-state index contributed by atoms with van der Waals surface area (Å²) in [5.74, 6) is 0.491. The SMILES string of the molecule is CCCC(O)CN(Cc1cccc(OC(F)(F)C(F)(F)F)c1)c1cccc(Oc2ccc(Cl)c(CC)c2)c1. The first kappa shape index (κ1) is 29.5. The molecular formula is C28H29ClF5NO3. The molecule has 0 fully saturated rings. The van der Waals surface area contributed by atoms with Gasteiger partial charge < -0.3 is 19.5 Å². The second-order valence-electron chi connectivity index (χ2n) is 8.79. The van der Waals surface area contributed by atoms with Crippen LogP contribution in [0.25, 0.3) is 0 Å². The Balaban J connectivity index is 1.86. The van der Waals surface area contributed by atoms with E-state index in [-0.39, 0.29) is 13.1 Å². The van der Waals surface area contributed by atoms with Crippen molar-refractivity contribution in [2.24, 2.45) is 0 Å². The van der Waals surface area contributed by atoms with Crippen LogP contribution in [0, 0.1) is 0 Å². The van der Waals surface area contributed by atoms with Gasteiger partial charge in [-0.1, -0.05) is 50.1 Å². The number of halogens is 6. The minimum Gasteiger partial charge on any atom is -0.457 e. The first-order chi connectivity index (χ1) is 17.9. The van der Waals surface area contributed by atoms with Gasteiger partial charge in [0.05, 0.1) is 6.10 Å². The predicted octanol–water partition coefficient (Wildman–Crippen LogP) is 8.40. The summed E-state index contributed by atoms with van der Waals surface area (Å²) >= 11 is 6.19. The molecule has 1 N–H and O–H groups in total. The number of aliphatic hydroxyl groups excluding tert-OH is 1. The molecule has 0 bridgehead atoms. The van der Waals surface area contributed by atoms with Crippen molar-refractivity contribution in [1.82, 2.24) is 0 Å². The van der Waals surface area contributed by atoms with Crippen molar-refractivity contribution in [1.29, 1.82) is 0 Å². The van der Waals surface area contributed by atoms with Crippen LogP contribution in [-0.2, 0) is 13.0 Å². The highest BCUT2D eigenvalue weighted by atomic mass is 35.5. The summed E-state index contributed by atoms with van der Waals surface area (Å²) in [4.78, 5) is 1.80. The fourth-order valence-electron chi connectivity index (χ4n) is 3.84. The molecule has 1 unspecified atom stereocenters. The summed E-state index contributed by atoms with van der Waals surface area (Å²) in [6, 6.07) is 17.5. The minimum atomic E-state index is -5.85. The topological polar surface area (TPSA) is 41.9 Å². The number of benzene rings is 3. The molecule has 38 heavy (non-hydrogen) atoms. The minimum absolute atomic E-state index is 0.111. The smallest absolute Gasteiger partial charge is 0.457 e. The van der Waals surface area contributed by atoms with Gasteiger partial charge in [0.25, 0.3) is 0 Å². The van der Waals surface area contributed by atoms with E-state index >= 15 is 0 Å². The van der Waals surface area contributed by atoms with Gasteiger partial charge in [-0.15, -0.1) is 0 Å². The first-order valence-corrected chi connectivity index (χ1v) is 12.5. The van der Waals surface area contributed by atoms with Crippen LogP contribution in [0.3, 0.4) is 0 Å². The third-order valence-corrected chi connectivity index (χ3v) is 6.09. The number of alkyl halides is 5. The Morgan fingerprint density at radius 1 is 0.895 bits per heavy atom. The molecule has 0 saturated carbocycles. The highest BCUT2D eigenvalue weighted by molar-refractivity contribution is 6.31. The van der Waals surface area contributed by atoms with Crippen LogP contribution in [0.15, 0.2) is 66.7 Å². The van der Waals surface area contributed by atoms with E-state index < -0.39 is 24.1 Å². The van der Waals surface area contributed by atoms with Crippen molar-refractivity contribution in [2.45, 2.75) is 58.0 Å². The van der Waals surface area contributed by atoms with E-state index in [0.29, 0.717) is 34.2 Å². The van der Waals surface area contributed by atoms with Crippen molar-refractivity contribution in [3.05, 3.63) is 82.9 Å². The van der Waals surface area contributed by atoms with Crippen molar-refractivity contribution >= 4 is 17.3 Å². The monoisotopic (exact) mass is 557 g/mol. The molecule has 3 aromatic rings. The standard InChI is InChI=1S/C28H29ClF5NO3/c1-3-7-22(36)18-35(17-19-8-5-11-25(14-19)38-28(33,34)27(30,31)32)21-9-6-10-23(16-21)37-24-12-13-26(29)20(4-2)15-24/h5-6,8-16,22,36H,3-4,7,17-18H2,1-2H3. The lowest BCUT2D eigenvalue weighted by Crippen LogP contribution is -2.41. The number of aryl methyl sites for hydroxylation is 1. The van der Waals surface area contributed by atoms with Crippen molar-refractivity contribution in [2.75, 3.05) is 11.4 Å². The third kappa shape index (κ3) is 7.98. The van der Waals surface area contributed by atoms with Crippen LogP contribution < -0.4 is 14.4 Å².